The molecule has 0 spiro atoms. The molecule has 0 atom stereocenters. The Bertz CT molecular complexity index is 1520. The number of aliphatic carboxylic acids is 1. The summed E-state index contributed by atoms with van der Waals surface area (Å²) in [5, 5.41) is 14.8. The first-order valence-electron chi connectivity index (χ1n) is 12.4. The van der Waals surface area contributed by atoms with E-state index in [1.165, 1.54) is 37.3 Å². The van der Waals surface area contributed by atoms with E-state index in [0.717, 1.165) is 22.0 Å². The zero-order valence-corrected chi connectivity index (χ0v) is 22.9. The molecule has 0 radical (unpaired) electrons. The van der Waals surface area contributed by atoms with Crippen molar-refractivity contribution in [1.82, 2.24) is 10.1 Å². The summed E-state index contributed by atoms with van der Waals surface area (Å²) in [5.41, 5.74) is 0.481. The van der Waals surface area contributed by atoms with Gasteiger partial charge in [-0.1, -0.05) is 43.3 Å². The van der Waals surface area contributed by atoms with Crippen LogP contribution in [0.15, 0.2) is 53.6 Å². The third-order valence-electron chi connectivity index (χ3n) is 6.33. The van der Waals surface area contributed by atoms with Gasteiger partial charge in [-0.2, -0.15) is 13.2 Å². The molecule has 0 fully saturated rings. The van der Waals surface area contributed by atoms with Crippen LogP contribution in [-0.4, -0.2) is 26.8 Å². The average molecular weight is 559 g/mol. The molecule has 206 valence electrons. The monoisotopic (exact) mass is 558 g/mol. The highest BCUT2D eigenvalue weighted by atomic mass is 32.1. The van der Waals surface area contributed by atoms with Gasteiger partial charge in [-0.3, -0.25) is 0 Å². The SMILES string of the molecule is C=CCc1c(OC(C)(C)C(=O)O)ccc2c(CCc3sc(-c4ccccc4C(F)(F)F)nc3C(C)C)noc12. The predicted octanol–water partition coefficient (Wildman–Crippen LogP) is 7.85. The highest BCUT2D eigenvalue weighted by molar-refractivity contribution is 7.15. The maximum Gasteiger partial charge on any atom is 0.417 e. The number of halogens is 3. The molecule has 2 heterocycles. The van der Waals surface area contributed by atoms with Gasteiger partial charge in [0.1, 0.15) is 10.8 Å². The van der Waals surface area contributed by atoms with Gasteiger partial charge in [0.25, 0.3) is 0 Å². The number of carboxylic acids is 1. The summed E-state index contributed by atoms with van der Waals surface area (Å²) in [7, 11) is 0. The summed E-state index contributed by atoms with van der Waals surface area (Å²) in [6.07, 6.45) is -1.44. The molecule has 10 heteroatoms. The maximum atomic E-state index is 13.6. The molecule has 0 aliphatic carbocycles. The Morgan fingerprint density at radius 1 is 1.18 bits per heavy atom. The zero-order valence-electron chi connectivity index (χ0n) is 22.1. The molecule has 0 aliphatic rings. The van der Waals surface area contributed by atoms with E-state index in [-0.39, 0.29) is 11.5 Å². The lowest BCUT2D eigenvalue weighted by Crippen LogP contribution is -2.38. The van der Waals surface area contributed by atoms with Crippen molar-refractivity contribution in [3.05, 3.63) is 76.4 Å². The molecule has 1 N–H and O–H groups in total. The molecule has 2 aromatic heterocycles. The summed E-state index contributed by atoms with van der Waals surface area (Å²) < 4.78 is 52.4. The van der Waals surface area contributed by atoms with Crippen LogP contribution in [0.1, 0.15) is 61.0 Å². The van der Waals surface area contributed by atoms with Gasteiger partial charge in [0.15, 0.2) is 11.2 Å². The lowest BCUT2D eigenvalue weighted by molar-refractivity contribution is -0.152. The Hall–Kier alpha value is -3.66. The van der Waals surface area contributed by atoms with Crippen LogP contribution in [0.25, 0.3) is 21.5 Å². The summed E-state index contributed by atoms with van der Waals surface area (Å²) >= 11 is 1.26. The largest absolute Gasteiger partial charge is 0.478 e. The Labute approximate surface area is 228 Å². The second-order valence-electron chi connectivity index (χ2n) is 9.98. The summed E-state index contributed by atoms with van der Waals surface area (Å²) in [4.78, 5) is 17.1. The van der Waals surface area contributed by atoms with E-state index < -0.39 is 23.3 Å². The van der Waals surface area contributed by atoms with Gasteiger partial charge in [0.2, 0.25) is 0 Å². The quantitative estimate of drug-likeness (QED) is 0.200. The molecule has 0 unspecified atom stereocenters. The second kappa shape index (κ2) is 10.8. The number of aromatic nitrogens is 2. The van der Waals surface area contributed by atoms with Crippen LogP contribution in [0.4, 0.5) is 13.2 Å². The molecule has 0 amide bonds. The van der Waals surface area contributed by atoms with Crippen LogP contribution in [0, 0.1) is 0 Å². The first-order chi connectivity index (χ1) is 18.3. The van der Waals surface area contributed by atoms with Gasteiger partial charge in [-0.25, -0.2) is 9.78 Å². The predicted molar refractivity (Wildman–Crippen MR) is 144 cm³/mol. The summed E-state index contributed by atoms with van der Waals surface area (Å²) in [6.45, 7) is 10.6. The molecule has 4 rings (SSSR count). The van der Waals surface area contributed by atoms with E-state index in [1.807, 2.05) is 13.8 Å². The Morgan fingerprint density at radius 2 is 1.90 bits per heavy atom. The molecule has 2 aromatic carbocycles. The van der Waals surface area contributed by atoms with Gasteiger partial charge in [-0.05, 0) is 57.2 Å². The number of nitrogens with zero attached hydrogens (tertiary/aromatic N) is 2. The minimum Gasteiger partial charge on any atom is -0.478 e. The lowest BCUT2D eigenvalue weighted by atomic mass is 10.0. The molecule has 0 saturated carbocycles. The fourth-order valence-corrected chi connectivity index (χ4v) is 5.54. The standard InChI is InChI=1S/C29H29F3N2O4S/c1-6-9-19-22(37-28(4,5)27(35)36)14-12-18-21(34-38-25(18)19)13-15-23-24(16(2)3)33-26(39-23)17-10-7-8-11-20(17)29(30,31)32/h6-8,10-12,14,16H,1,9,13,15H2,2-5H3,(H,35,36). The van der Waals surface area contributed by atoms with Crippen molar-refractivity contribution in [2.75, 3.05) is 0 Å². The number of alkyl halides is 3. The number of allylic oxidation sites excluding steroid dienone is 1. The van der Waals surface area contributed by atoms with Crippen LogP contribution in [0.5, 0.6) is 5.75 Å². The van der Waals surface area contributed by atoms with Crippen molar-refractivity contribution in [2.24, 2.45) is 0 Å². The smallest absolute Gasteiger partial charge is 0.417 e. The number of hydrogen-bond donors (Lipinski definition) is 1. The highest BCUT2D eigenvalue weighted by Crippen LogP contribution is 2.41. The van der Waals surface area contributed by atoms with Crippen molar-refractivity contribution in [1.29, 1.82) is 0 Å². The first kappa shape index (κ1) is 28.4. The van der Waals surface area contributed by atoms with Crippen LogP contribution in [-0.2, 0) is 30.2 Å². The maximum absolute atomic E-state index is 13.6. The van der Waals surface area contributed by atoms with Gasteiger partial charge >= 0.3 is 12.1 Å². The third kappa shape index (κ3) is 5.85. The van der Waals surface area contributed by atoms with E-state index >= 15 is 0 Å². The molecule has 0 bridgehead atoms. The molecule has 4 aromatic rings. The number of ether oxygens (including phenoxy) is 1. The Morgan fingerprint density at radius 3 is 2.54 bits per heavy atom. The van der Waals surface area contributed by atoms with Crippen molar-refractivity contribution >= 4 is 28.3 Å². The van der Waals surface area contributed by atoms with E-state index in [9.17, 15) is 23.1 Å². The molecule has 6 nitrogen and oxygen atoms in total. The third-order valence-corrected chi connectivity index (χ3v) is 7.49. The topological polar surface area (TPSA) is 85.5 Å². The minimum atomic E-state index is -4.48. The Kier molecular flexibility index (Phi) is 7.88. The molecule has 0 saturated heterocycles. The van der Waals surface area contributed by atoms with Gasteiger partial charge in [-0.15, -0.1) is 17.9 Å². The van der Waals surface area contributed by atoms with Crippen molar-refractivity contribution in [3.8, 4) is 16.3 Å². The highest BCUT2D eigenvalue weighted by Gasteiger charge is 2.34. The molecular weight excluding hydrogens is 529 g/mol. The van der Waals surface area contributed by atoms with Gasteiger partial charge in [0.05, 0.1) is 17.0 Å². The number of fused-ring (bicyclic) bond motifs is 1. The zero-order chi connectivity index (χ0) is 28.5. The number of rotatable bonds is 10. The van der Waals surface area contributed by atoms with Crippen LogP contribution >= 0.6 is 11.3 Å². The number of aryl methyl sites for hydroxylation is 2. The van der Waals surface area contributed by atoms with E-state index in [1.54, 1.807) is 24.3 Å². The van der Waals surface area contributed by atoms with Gasteiger partial charge < -0.3 is 14.4 Å². The first-order valence-corrected chi connectivity index (χ1v) is 13.2. The molecule has 39 heavy (non-hydrogen) atoms. The number of carbonyl (C=O) groups is 1. The molecular formula is C29H29F3N2O4S. The van der Waals surface area contributed by atoms with Crippen LogP contribution in [0.3, 0.4) is 0 Å². The van der Waals surface area contributed by atoms with Crippen molar-refractivity contribution in [3.63, 3.8) is 0 Å². The molecule has 0 aliphatic heterocycles. The Balaban J connectivity index is 1.67. The second-order valence-corrected chi connectivity index (χ2v) is 11.1. The van der Waals surface area contributed by atoms with E-state index in [0.29, 0.717) is 46.9 Å². The van der Waals surface area contributed by atoms with Crippen LogP contribution < -0.4 is 4.74 Å². The fraction of sp³-hybridized carbons (Fsp3) is 0.345. The van der Waals surface area contributed by atoms with Gasteiger partial charge in [0, 0.05) is 21.4 Å². The van der Waals surface area contributed by atoms with E-state index in [2.05, 4.69) is 16.7 Å². The number of carboxylic acid groups (broad SMARTS) is 1. The number of thiazole rings is 1. The van der Waals surface area contributed by atoms with Crippen LogP contribution in [0.2, 0.25) is 0 Å². The summed E-state index contributed by atoms with van der Waals surface area (Å²) in [6, 6.07) is 8.96. The summed E-state index contributed by atoms with van der Waals surface area (Å²) in [5.74, 6) is -0.711. The normalized spacial score (nSPS) is 12.3. The number of hydrogen-bond acceptors (Lipinski definition) is 6. The minimum absolute atomic E-state index is 0.0218. The van der Waals surface area contributed by atoms with Crippen molar-refractivity contribution in [2.45, 2.75) is 64.7 Å². The average Bonchev–Trinajstić information content (AvgIpc) is 3.48. The fourth-order valence-electron chi connectivity index (χ4n) is 4.28. The van der Waals surface area contributed by atoms with E-state index in [4.69, 9.17) is 9.26 Å². The number of benzene rings is 2. The van der Waals surface area contributed by atoms with Crippen molar-refractivity contribution < 1.29 is 32.3 Å². The lowest BCUT2D eigenvalue weighted by Gasteiger charge is -2.23.